The van der Waals surface area contributed by atoms with E-state index in [9.17, 15) is 14.4 Å². The lowest BCUT2D eigenvalue weighted by atomic mass is 10.1. The van der Waals surface area contributed by atoms with Gasteiger partial charge in [0.05, 0.1) is 34.4 Å². The smallest absolute Gasteiger partial charge is 0.308 e. The number of ether oxygens (including phenoxy) is 4. The van der Waals surface area contributed by atoms with E-state index in [2.05, 4.69) is 12.2 Å². The number of carbonyl (C=O) groups excluding carboxylic acids is 3. The summed E-state index contributed by atoms with van der Waals surface area (Å²) in [6.45, 7) is 3.13. The fourth-order valence-corrected chi connectivity index (χ4v) is 4.52. The zero-order valence-corrected chi connectivity index (χ0v) is 22.9. The number of piperazine rings is 1. The second-order valence-corrected chi connectivity index (χ2v) is 9.33. The summed E-state index contributed by atoms with van der Waals surface area (Å²) in [6, 6.07) is 2.13. The van der Waals surface area contributed by atoms with Gasteiger partial charge in [-0.1, -0.05) is 64.7 Å². The van der Waals surface area contributed by atoms with Crippen LogP contribution in [-0.2, 0) is 14.3 Å². The predicted molar refractivity (Wildman–Crippen MR) is 141 cm³/mol. The quantitative estimate of drug-likeness (QED) is 0.238. The van der Waals surface area contributed by atoms with E-state index in [1.165, 1.54) is 83.3 Å². The lowest BCUT2D eigenvalue weighted by Crippen LogP contribution is -2.57. The molecule has 37 heavy (non-hydrogen) atoms. The van der Waals surface area contributed by atoms with Crippen molar-refractivity contribution >= 4 is 17.8 Å². The summed E-state index contributed by atoms with van der Waals surface area (Å²) in [6.07, 6.45) is 11.8. The number of amides is 2. The molecule has 0 bridgehead atoms. The zero-order chi connectivity index (χ0) is 27.0. The van der Waals surface area contributed by atoms with Gasteiger partial charge in [-0.3, -0.25) is 14.4 Å². The average Bonchev–Trinajstić information content (AvgIpc) is 2.91. The number of methoxy groups -OCH3 is 3. The summed E-state index contributed by atoms with van der Waals surface area (Å²) in [7, 11) is 4.41. The molecule has 1 atom stereocenters. The van der Waals surface area contributed by atoms with Crippen molar-refractivity contribution in [1.82, 2.24) is 10.2 Å². The third-order valence-electron chi connectivity index (χ3n) is 6.62. The molecule has 1 aliphatic heterocycles. The number of carbonyl (C=O) groups is 3. The molecule has 1 aliphatic rings. The van der Waals surface area contributed by atoms with Crippen molar-refractivity contribution in [3.8, 4) is 17.2 Å². The SMILES string of the molecule is CCCCCCCCCCCCOC(=O)CC1C(=O)NCCN1C(=O)c1cc(OC)c(OC)c(OC)c1. The minimum absolute atomic E-state index is 0.195. The molecule has 1 aromatic rings. The van der Waals surface area contributed by atoms with Crippen molar-refractivity contribution in [3.63, 3.8) is 0 Å². The maximum Gasteiger partial charge on any atom is 0.308 e. The summed E-state index contributed by atoms with van der Waals surface area (Å²) in [5.41, 5.74) is 0.271. The molecule has 208 valence electrons. The van der Waals surface area contributed by atoms with E-state index in [1.54, 1.807) is 0 Å². The van der Waals surface area contributed by atoms with Gasteiger partial charge in [0.2, 0.25) is 11.7 Å². The number of benzene rings is 1. The normalized spacial score (nSPS) is 15.2. The number of nitrogens with zero attached hydrogens (tertiary/aromatic N) is 1. The summed E-state index contributed by atoms with van der Waals surface area (Å²) in [5, 5.41) is 2.74. The van der Waals surface area contributed by atoms with Gasteiger partial charge in [-0.25, -0.2) is 0 Å². The van der Waals surface area contributed by atoms with Crippen molar-refractivity contribution in [3.05, 3.63) is 17.7 Å². The second kappa shape index (κ2) is 16.7. The Hall–Kier alpha value is -2.97. The molecule has 9 heteroatoms. The molecular weight excluding hydrogens is 476 g/mol. The van der Waals surface area contributed by atoms with Gasteiger partial charge >= 0.3 is 5.97 Å². The number of hydrogen-bond acceptors (Lipinski definition) is 7. The minimum atomic E-state index is -0.944. The van der Waals surface area contributed by atoms with E-state index >= 15 is 0 Å². The van der Waals surface area contributed by atoms with Gasteiger partial charge in [-0.15, -0.1) is 0 Å². The van der Waals surface area contributed by atoms with Gasteiger partial charge in [0.25, 0.3) is 5.91 Å². The molecule has 2 amide bonds. The Morgan fingerprint density at radius 2 is 1.46 bits per heavy atom. The van der Waals surface area contributed by atoms with Crippen LogP contribution in [0.1, 0.15) is 87.9 Å². The number of hydrogen-bond donors (Lipinski definition) is 1. The molecule has 0 aromatic heterocycles. The van der Waals surface area contributed by atoms with Crippen LogP contribution in [0.5, 0.6) is 17.2 Å². The Bertz CT molecular complexity index is 849. The van der Waals surface area contributed by atoms with E-state index in [4.69, 9.17) is 18.9 Å². The van der Waals surface area contributed by atoms with Crippen molar-refractivity contribution in [2.45, 2.75) is 83.6 Å². The summed E-state index contributed by atoms with van der Waals surface area (Å²) in [4.78, 5) is 39.9. The molecule has 1 aromatic carbocycles. The fourth-order valence-electron chi connectivity index (χ4n) is 4.52. The Labute approximate surface area is 221 Å². The summed E-state index contributed by atoms with van der Waals surface area (Å²) >= 11 is 0. The molecule has 1 unspecified atom stereocenters. The first-order valence-electron chi connectivity index (χ1n) is 13.5. The van der Waals surface area contributed by atoms with Crippen LogP contribution >= 0.6 is 0 Å². The van der Waals surface area contributed by atoms with Crippen molar-refractivity contribution in [2.24, 2.45) is 0 Å². The maximum absolute atomic E-state index is 13.4. The number of unbranched alkanes of at least 4 members (excludes halogenated alkanes) is 9. The van der Waals surface area contributed by atoms with Gasteiger partial charge in [-0.05, 0) is 18.6 Å². The first-order chi connectivity index (χ1) is 18.0. The third kappa shape index (κ3) is 9.44. The van der Waals surface area contributed by atoms with Crippen molar-refractivity contribution in [2.75, 3.05) is 41.0 Å². The Kier molecular flexibility index (Phi) is 13.7. The lowest BCUT2D eigenvalue weighted by molar-refractivity contribution is -0.147. The molecule has 0 radical (unpaired) electrons. The van der Waals surface area contributed by atoms with Crippen LogP contribution in [0.3, 0.4) is 0 Å². The molecule has 1 N–H and O–H groups in total. The molecule has 0 spiro atoms. The van der Waals surface area contributed by atoms with Crippen LogP contribution in [-0.4, -0.2) is 69.8 Å². The highest BCUT2D eigenvalue weighted by Crippen LogP contribution is 2.38. The van der Waals surface area contributed by atoms with Gasteiger partial charge in [-0.2, -0.15) is 0 Å². The first kappa shape index (κ1) is 30.3. The number of esters is 1. The van der Waals surface area contributed by atoms with Crippen LogP contribution < -0.4 is 19.5 Å². The van der Waals surface area contributed by atoms with Gasteiger partial charge in [0.15, 0.2) is 11.5 Å². The van der Waals surface area contributed by atoms with E-state index in [0.29, 0.717) is 30.4 Å². The average molecular weight is 521 g/mol. The van der Waals surface area contributed by atoms with E-state index in [0.717, 1.165) is 19.3 Å². The molecule has 0 saturated carbocycles. The largest absolute Gasteiger partial charge is 0.493 e. The Morgan fingerprint density at radius 3 is 2.00 bits per heavy atom. The van der Waals surface area contributed by atoms with Crippen molar-refractivity contribution in [1.29, 1.82) is 0 Å². The molecule has 1 fully saturated rings. The highest BCUT2D eigenvalue weighted by molar-refractivity contribution is 6.00. The highest BCUT2D eigenvalue weighted by Gasteiger charge is 2.36. The van der Waals surface area contributed by atoms with E-state index in [-0.39, 0.29) is 24.4 Å². The maximum atomic E-state index is 13.4. The zero-order valence-electron chi connectivity index (χ0n) is 22.9. The van der Waals surface area contributed by atoms with E-state index < -0.39 is 17.9 Å². The summed E-state index contributed by atoms with van der Waals surface area (Å²) < 4.78 is 21.4. The Balaban J connectivity index is 1.86. The molecule has 9 nitrogen and oxygen atoms in total. The topological polar surface area (TPSA) is 103 Å². The molecule has 1 saturated heterocycles. The highest BCUT2D eigenvalue weighted by atomic mass is 16.5. The predicted octanol–water partition coefficient (Wildman–Crippen LogP) is 4.51. The Morgan fingerprint density at radius 1 is 0.892 bits per heavy atom. The first-order valence-corrected chi connectivity index (χ1v) is 13.5. The second-order valence-electron chi connectivity index (χ2n) is 9.33. The molecule has 1 heterocycles. The molecule has 2 rings (SSSR count). The van der Waals surface area contributed by atoms with Crippen LogP contribution in [0.4, 0.5) is 0 Å². The molecular formula is C28H44N2O7. The van der Waals surface area contributed by atoms with Crippen LogP contribution in [0, 0.1) is 0 Å². The van der Waals surface area contributed by atoms with Crippen LogP contribution in [0.15, 0.2) is 12.1 Å². The molecule has 0 aliphatic carbocycles. The minimum Gasteiger partial charge on any atom is -0.493 e. The van der Waals surface area contributed by atoms with Gasteiger partial charge in [0, 0.05) is 18.7 Å². The summed E-state index contributed by atoms with van der Waals surface area (Å²) in [5.74, 6) is -0.228. The standard InChI is InChI=1S/C28H44N2O7/c1-5-6-7-8-9-10-11-12-13-14-17-37-25(31)20-22-27(32)29-15-16-30(22)28(33)21-18-23(34-2)26(36-4)24(19-21)35-3/h18-19,22H,5-17,20H2,1-4H3,(H,29,32). The van der Waals surface area contributed by atoms with Gasteiger partial charge < -0.3 is 29.2 Å². The van der Waals surface area contributed by atoms with Crippen LogP contribution in [0.2, 0.25) is 0 Å². The van der Waals surface area contributed by atoms with Gasteiger partial charge in [0.1, 0.15) is 6.04 Å². The van der Waals surface area contributed by atoms with E-state index in [1.807, 2.05) is 0 Å². The van der Waals surface area contributed by atoms with Crippen molar-refractivity contribution < 1.29 is 33.3 Å². The lowest BCUT2D eigenvalue weighted by Gasteiger charge is -2.34. The van der Waals surface area contributed by atoms with Crippen LogP contribution in [0.25, 0.3) is 0 Å². The third-order valence-corrected chi connectivity index (χ3v) is 6.62. The number of nitrogens with one attached hydrogen (secondary N) is 1. The number of rotatable bonds is 17. The monoisotopic (exact) mass is 520 g/mol. The fraction of sp³-hybridized carbons (Fsp3) is 0.679.